The zero-order valence-corrected chi connectivity index (χ0v) is 12.7. The third-order valence-corrected chi connectivity index (χ3v) is 3.07. The van der Waals surface area contributed by atoms with Crippen LogP contribution in [0.15, 0.2) is 0 Å². The fourth-order valence-corrected chi connectivity index (χ4v) is 2.01. The third-order valence-electron chi connectivity index (χ3n) is 3.07. The number of carbonyl (C=O) groups excluding carboxylic acids is 1. The molecule has 0 fully saturated rings. The first-order valence-corrected chi connectivity index (χ1v) is 6.66. The molecule has 0 aromatic rings. The molecule has 4 nitrogen and oxygen atoms in total. The van der Waals surface area contributed by atoms with Gasteiger partial charge in [-0.3, -0.25) is 4.79 Å². The zero-order chi connectivity index (χ0) is 13.3. The number of rotatable bonds is 9. The Bertz CT molecular complexity index is 217. The van der Waals surface area contributed by atoms with E-state index in [-0.39, 0.29) is 24.9 Å². The second-order valence-electron chi connectivity index (χ2n) is 5.04. The molecule has 0 spiro atoms. The Morgan fingerprint density at radius 1 is 1.33 bits per heavy atom. The predicted octanol–water partition coefficient (Wildman–Crippen LogP) is 1.84. The van der Waals surface area contributed by atoms with Crippen molar-refractivity contribution in [2.45, 2.75) is 58.4 Å². The summed E-state index contributed by atoms with van der Waals surface area (Å²) in [6, 6.07) is 0. The Labute approximate surface area is 117 Å². The van der Waals surface area contributed by atoms with Crippen LogP contribution >= 0.6 is 12.4 Å². The molecule has 4 N–H and O–H groups in total. The van der Waals surface area contributed by atoms with Crippen LogP contribution in [-0.4, -0.2) is 29.7 Å². The van der Waals surface area contributed by atoms with Gasteiger partial charge >= 0.3 is 0 Å². The second-order valence-corrected chi connectivity index (χ2v) is 5.04. The molecule has 0 saturated heterocycles. The van der Waals surface area contributed by atoms with Gasteiger partial charge in [-0.15, -0.1) is 12.4 Å². The molecular formula is C13H29ClN2O2. The summed E-state index contributed by atoms with van der Waals surface area (Å²) in [5, 5.41) is 11.8. The molecule has 0 saturated carbocycles. The minimum absolute atomic E-state index is 0. The van der Waals surface area contributed by atoms with E-state index in [2.05, 4.69) is 12.2 Å². The number of halogens is 1. The predicted molar refractivity (Wildman–Crippen MR) is 77.9 cm³/mol. The number of aliphatic hydroxyl groups is 1. The molecule has 0 heterocycles. The number of nitrogens with one attached hydrogen (secondary N) is 1. The smallest absolute Gasteiger partial charge is 0.239 e. The molecule has 0 aliphatic rings. The molecule has 0 aliphatic heterocycles. The number of hydrogen-bond donors (Lipinski definition) is 3. The van der Waals surface area contributed by atoms with Gasteiger partial charge in [0, 0.05) is 13.2 Å². The lowest BCUT2D eigenvalue weighted by atomic mass is 9.95. The van der Waals surface area contributed by atoms with Gasteiger partial charge in [0.15, 0.2) is 0 Å². The Hall–Kier alpha value is -0.320. The molecule has 2 atom stereocenters. The Balaban J connectivity index is 0. The van der Waals surface area contributed by atoms with Gasteiger partial charge in [-0.2, -0.15) is 0 Å². The van der Waals surface area contributed by atoms with E-state index < -0.39 is 5.54 Å². The molecule has 110 valence electrons. The highest BCUT2D eigenvalue weighted by molar-refractivity contribution is 5.85. The van der Waals surface area contributed by atoms with Crippen LogP contribution in [-0.2, 0) is 4.79 Å². The maximum absolute atomic E-state index is 11.9. The lowest BCUT2D eigenvalue weighted by Gasteiger charge is -2.24. The highest BCUT2D eigenvalue weighted by Gasteiger charge is 2.27. The molecule has 0 aromatic heterocycles. The van der Waals surface area contributed by atoms with Crippen molar-refractivity contribution in [2.24, 2.45) is 11.7 Å². The number of carbonyl (C=O) groups is 1. The fraction of sp³-hybridized carbons (Fsp3) is 0.923. The van der Waals surface area contributed by atoms with E-state index in [0.717, 1.165) is 25.7 Å². The quantitative estimate of drug-likeness (QED) is 0.603. The van der Waals surface area contributed by atoms with Gasteiger partial charge in [-0.05, 0) is 32.1 Å². The van der Waals surface area contributed by atoms with E-state index in [0.29, 0.717) is 18.9 Å². The maximum atomic E-state index is 11.9. The van der Waals surface area contributed by atoms with E-state index in [4.69, 9.17) is 10.8 Å². The minimum atomic E-state index is -0.773. The van der Waals surface area contributed by atoms with Crippen LogP contribution in [0.5, 0.6) is 0 Å². The molecule has 1 amide bonds. The molecule has 2 unspecified atom stereocenters. The van der Waals surface area contributed by atoms with Crippen molar-refractivity contribution in [3.8, 4) is 0 Å². The summed E-state index contributed by atoms with van der Waals surface area (Å²) >= 11 is 0. The van der Waals surface area contributed by atoms with Crippen molar-refractivity contribution in [1.82, 2.24) is 5.32 Å². The SMILES string of the molecule is CCCC(CCO)CNC(=O)C(C)(N)CCC.Cl. The summed E-state index contributed by atoms with van der Waals surface area (Å²) in [5.41, 5.74) is 5.17. The summed E-state index contributed by atoms with van der Waals surface area (Å²) in [4.78, 5) is 11.9. The fourth-order valence-electron chi connectivity index (χ4n) is 2.01. The first kappa shape index (κ1) is 20.0. The molecule has 0 rings (SSSR count). The van der Waals surface area contributed by atoms with Crippen molar-refractivity contribution >= 4 is 18.3 Å². The summed E-state index contributed by atoms with van der Waals surface area (Å²) in [5.74, 6) is 0.268. The van der Waals surface area contributed by atoms with E-state index in [9.17, 15) is 4.79 Å². The highest BCUT2D eigenvalue weighted by atomic mass is 35.5. The molecule has 0 bridgehead atoms. The van der Waals surface area contributed by atoms with Gasteiger partial charge in [0.25, 0.3) is 0 Å². The summed E-state index contributed by atoms with van der Waals surface area (Å²) in [6.07, 6.45) is 4.42. The van der Waals surface area contributed by atoms with E-state index in [1.54, 1.807) is 6.92 Å². The van der Waals surface area contributed by atoms with Crippen LogP contribution in [0.2, 0.25) is 0 Å². The van der Waals surface area contributed by atoms with Crippen LogP contribution in [0.25, 0.3) is 0 Å². The van der Waals surface area contributed by atoms with Crippen LogP contribution in [0.4, 0.5) is 0 Å². The third kappa shape index (κ3) is 7.90. The van der Waals surface area contributed by atoms with Gasteiger partial charge in [-0.1, -0.05) is 26.7 Å². The lowest BCUT2D eigenvalue weighted by molar-refractivity contribution is -0.126. The number of hydrogen-bond acceptors (Lipinski definition) is 3. The topological polar surface area (TPSA) is 75.3 Å². The number of nitrogens with two attached hydrogens (primary N) is 1. The molecule has 0 radical (unpaired) electrons. The van der Waals surface area contributed by atoms with Crippen LogP contribution in [0.3, 0.4) is 0 Å². The Morgan fingerprint density at radius 2 is 1.94 bits per heavy atom. The van der Waals surface area contributed by atoms with Crippen molar-refractivity contribution in [1.29, 1.82) is 0 Å². The first-order valence-electron chi connectivity index (χ1n) is 6.66. The molecular weight excluding hydrogens is 252 g/mol. The zero-order valence-electron chi connectivity index (χ0n) is 11.9. The first-order chi connectivity index (χ1) is 7.97. The van der Waals surface area contributed by atoms with Gasteiger partial charge < -0.3 is 16.2 Å². The summed E-state index contributed by atoms with van der Waals surface area (Å²) in [7, 11) is 0. The van der Waals surface area contributed by atoms with E-state index >= 15 is 0 Å². The Morgan fingerprint density at radius 3 is 2.39 bits per heavy atom. The van der Waals surface area contributed by atoms with Gasteiger partial charge in [0.2, 0.25) is 5.91 Å². The van der Waals surface area contributed by atoms with Crippen molar-refractivity contribution in [2.75, 3.05) is 13.2 Å². The molecule has 18 heavy (non-hydrogen) atoms. The van der Waals surface area contributed by atoms with Gasteiger partial charge in [0.05, 0.1) is 5.54 Å². The number of aliphatic hydroxyl groups excluding tert-OH is 1. The molecule has 5 heteroatoms. The number of amides is 1. The summed E-state index contributed by atoms with van der Waals surface area (Å²) in [6.45, 7) is 6.69. The standard InChI is InChI=1S/C13H28N2O2.ClH/c1-4-6-11(7-9-16)10-15-12(17)13(3,14)8-5-2;/h11,16H,4-10,14H2,1-3H3,(H,15,17);1H. The molecule has 0 aromatic carbocycles. The van der Waals surface area contributed by atoms with Crippen LogP contribution in [0.1, 0.15) is 52.9 Å². The summed E-state index contributed by atoms with van der Waals surface area (Å²) < 4.78 is 0. The van der Waals surface area contributed by atoms with Crippen LogP contribution in [0, 0.1) is 5.92 Å². The van der Waals surface area contributed by atoms with E-state index in [1.807, 2.05) is 6.92 Å². The van der Waals surface area contributed by atoms with Crippen molar-refractivity contribution < 1.29 is 9.90 Å². The monoisotopic (exact) mass is 280 g/mol. The van der Waals surface area contributed by atoms with Gasteiger partial charge in [-0.25, -0.2) is 0 Å². The average Bonchev–Trinajstić information content (AvgIpc) is 2.26. The highest BCUT2D eigenvalue weighted by Crippen LogP contribution is 2.12. The minimum Gasteiger partial charge on any atom is -0.396 e. The maximum Gasteiger partial charge on any atom is 0.239 e. The van der Waals surface area contributed by atoms with Crippen LogP contribution < -0.4 is 11.1 Å². The second kappa shape index (κ2) is 10.6. The van der Waals surface area contributed by atoms with E-state index in [1.165, 1.54) is 0 Å². The normalized spacial score (nSPS) is 15.4. The lowest BCUT2D eigenvalue weighted by Crippen LogP contribution is -2.52. The Kier molecular flexibility index (Phi) is 11.8. The molecule has 0 aliphatic carbocycles. The van der Waals surface area contributed by atoms with Gasteiger partial charge in [0.1, 0.15) is 0 Å². The average molecular weight is 281 g/mol. The largest absolute Gasteiger partial charge is 0.396 e. The van der Waals surface area contributed by atoms with Crippen molar-refractivity contribution in [3.05, 3.63) is 0 Å². The van der Waals surface area contributed by atoms with Crippen molar-refractivity contribution in [3.63, 3.8) is 0 Å².